The van der Waals surface area contributed by atoms with Crippen LogP contribution in [0, 0.1) is 11.8 Å². The molecule has 0 spiro atoms. The van der Waals surface area contributed by atoms with Gasteiger partial charge in [0.1, 0.15) is 0 Å². The lowest BCUT2D eigenvalue weighted by atomic mass is 9.79. The molecule has 1 aliphatic carbocycles. The van der Waals surface area contributed by atoms with Gasteiger partial charge in [0.2, 0.25) is 0 Å². The smallest absolute Gasteiger partial charge is 0.0186 e. The van der Waals surface area contributed by atoms with Crippen LogP contribution in [0.5, 0.6) is 0 Å². The highest BCUT2D eigenvalue weighted by atomic mass is 32.2. The van der Waals surface area contributed by atoms with E-state index < -0.39 is 0 Å². The first-order valence-electron chi connectivity index (χ1n) is 8.02. The SMILES string of the molecule is CCCNC(CSC(C)CC)C1CCC(C)CC1. The van der Waals surface area contributed by atoms with Gasteiger partial charge >= 0.3 is 0 Å². The van der Waals surface area contributed by atoms with Crippen LogP contribution in [0.4, 0.5) is 0 Å². The highest BCUT2D eigenvalue weighted by Gasteiger charge is 2.25. The zero-order chi connectivity index (χ0) is 13.4. The van der Waals surface area contributed by atoms with Crippen molar-refractivity contribution in [3.63, 3.8) is 0 Å². The maximum Gasteiger partial charge on any atom is 0.0186 e. The topological polar surface area (TPSA) is 12.0 Å². The lowest BCUT2D eigenvalue weighted by Crippen LogP contribution is -2.40. The fourth-order valence-corrected chi connectivity index (χ4v) is 3.93. The summed E-state index contributed by atoms with van der Waals surface area (Å²) >= 11 is 2.17. The van der Waals surface area contributed by atoms with Crippen molar-refractivity contribution in [2.75, 3.05) is 12.3 Å². The Morgan fingerprint density at radius 2 is 1.83 bits per heavy atom. The Morgan fingerprint density at radius 3 is 2.39 bits per heavy atom. The molecule has 0 heterocycles. The minimum absolute atomic E-state index is 0.761. The van der Waals surface area contributed by atoms with Crippen molar-refractivity contribution in [1.29, 1.82) is 0 Å². The van der Waals surface area contributed by atoms with Gasteiger partial charge in [-0.15, -0.1) is 0 Å². The van der Waals surface area contributed by atoms with Gasteiger partial charge in [-0.25, -0.2) is 0 Å². The van der Waals surface area contributed by atoms with E-state index in [9.17, 15) is 0 Å². The van der Waals surface area contributed by atoms with Crippen LogP contribution in [0.1, 0.15) is 66.2 Å². The van der Waals surface area contributed by atoms with E-state index in [1.165, 1.54) is 50.8 Å². The van der Waals surface area contributed by atoms with Crippen LogP contribution in [0.3, 0.4) is 0 Å². The minimum atomic E-state index is 0.761. The molecular weight excluding hydrogens is 238 g/mol. The van der Waals surface area contributed by atoms with E-state index in [1.807, 2.05) is 0 Å². The van der Waals surface area contributed by atoms with Crippen LogP contribution < -0.4 is 5.32 Å². The highest BCUT2D eigenvalue weighted by molar-refractivity contribution is 7.99. The van der Waals surface area contributed by atoms with Gasteiger partial charge in [0.25, 0.3) is 0 Å². The zero-order valence-electron chi connectivity index (χ0n) is 12.9. The monoisotopic (exact) mass is 271 g/mol. The average molecular weight is 272 g/mol. The molecular formula is C16H33NS. The summed E-state index contributed by atoms with van der Waals surface area (Å²) in [4.78, 5) is 0. The predicted molar refractivity (Wildman–Crippen MR) is 85.4 cm³/mol. The lowest BCUT2D eigenvalue weighted by molar-refractivity contribution is 0.242. The van der Waals surface area contributed by atoms with Gasteiger partial charge in [0, 0.05) is 17.0 Å². The summed E-state index contributed by atoms with van der Waals surface area (Å²) in [5.41, 5.74) is 0. The average Bonchev–Trinajstić information content (AvgIpc) is 2.40. The van der Waals surface area contributed by atoms with Gasteiger partial charge in [-0.05, 0) is 44.1 Å². The zero-order valence-corrected chi connectivity index (χ0v) is 13.7. The van der Waals surface area contributed by atoms with Crippen molar-refractivity contribution >= 4 is 11.8 Å². The number of hydrogen-bond acceptors (Lipinski definition) is 2. The largest absolute Gasteiger partial charge is 0.313 e. The second kappa shape index (κ2) is 9.25. The van der Waals surface area contributed by atoms with Gasteiger partial charge in [0.05, 0.1) is 0 Å². The van der Waals surface area contributed by atoms with Crippen LogP contribution in [0.25, 0.3) is 0 Å². The van der Waals surface area contributed by atoms with Gasteiger partial charge < -0.3 is 5.32 Å². The molecule has 1 N–H and O–H groups in total. The van der Waals surface area contributed by atoms with Crippen LogP contribution in [0.2, 0.25) is 0 Å². The Bertz CT molecular complexity index is 199. The number of thioether (sulfide) groups is 1. The fourth-order valence-electron chi connectivity index (χ4n) is 2.77. The molecule has 0 amide bonds. The molecule has 0 aromatic carbocycles. The van der Waals surface area contributed by atoms with Gasteiger partial charge in [-0.1, -0.05) is 40.5 Å². The van der Waals surface area contributed by atoms with E-state index >= 15 is 0 Å². The molecule has 0 aromatic heterocycles. The maximum atomic E-state index is 3.81. The summed E-state index contributed by atoms with van der Waals surface area (Å²) in [7, 11) is 0. The lowest BCUT2D eigenvalue weighted by Gasteiger charge is -2.33. The molecule has 0 aliphatic heterocycles. The second-order valence-electron chi connectivity index (χ2n) is 6.13. The molecule has 2 atom stereocenters. The van der Waals surface area contributed by atoms with Crippen LogP contribution in [-0.4, -0.2) is 23.6 Å². The molecule has 1 fully saturated rings. The van der Waals surface area contributed by atoms with Gasteiger partial charge in [0.15, 0.2) is 0 Å². The first kappa shape index (κ1) is 16.4. The van der Waals surface area contributed by atoms with E-state index in [1.54, 1.807) is 0 Å². The predicted octanol–water partition coefficient (Wildman–Crippen LogP) is 4.71. The highest BCUT2D eigenvalue weighted by Crippen LogP contribution is 2.32. The van der Waals surface area contributed by atoms with Crippen molar-refractivity contribution < 1.29 is 0 Å². The first-order valence-corrected chi connectivity index (χ1v) is 9.07. The minimum Gasteiger partial charge on any atom is -0.313 e. The van der Waals surface area contributed by atoms with Crippen LogP contribution in [0.15, 0.2) is 0 Å². The number of hydrogen-bond donors (Lipinski definition) is 1. The summed E-state index contributed by atoms with van der Waals surface area (Å²) < 4.78 is 0. The molecule has 18 heavy (non-hydrogen) atoms. The number of nitrogens with one attached hydrogen (secondary N) is 1. The Labute approximate surface area is 119 Å². The summed E-state index contributed by atoms with van der Waals surface area (Å²) in [5, 5.41) is 4.63. The van der Waals surface area contributed by atoms with E-state index in [0.717, 1.165) is 23.1 Å². The first-order chi connectivity index (χ1) is 8.67. The summed E-state index contributed by atoms with van der Waals surface area (Å²) in [5.74, 6) is 3.22. The Kier molecular flexibility index (Phi) is 8.41. The second-order valence-corrected chi connectivity index (χ2v) is 7.60. The summed E-state index contributed by atoms with van der Waals surface area (Å²) in [6.45, 7) is 10.5. The number of rotatable bonds is 8. The Balaban J connectivity index is 2.38. The summed E-state index contributed by atoms with van der Waals surface area (Å²) in [6.07, 6.45) is 8.35. The molecule has 0 radical (unpaired) electrons. The third-order valence-electron chi connectivity index (χ3n) is 4.42. The van der Waals surface area contributed by atoms with Crippen molar-refractivity contribution in [2.24, 2.45) is 11.8 Å². The molecule has 0 saturated heterocycles. The normalized spacial score (nSPS) is 28.0. The van der Waals surface area contributed by atoms with E-state index in [4.69, 9.17) is 0 Å². The van der Waals surface area contributed by atoms with Crippen molar-refractivity contribution in [2.45, 2.75) is 77.5 Å². The van der Waals surface area contributed by atoms with Crippen LogP contribution in [-0.2, 0) is 0 Å². The van der Waals surface area contributed by atoms with E-state index in [0.29, 0.717) is 0 Å². The molecule has 1 nitrogen and oxygen atoms in total. The molecule has 1 rings (SSSR count). The van der Waals surface area contributed by atoms with Crippen LogP contribution >= 0.6 is 11.8 Å². The quantitative estimate of drug-likeness (QED) is 0.686. The fraction of sp³-hybridized carbons (Fsp3) is 1.00. The third kappa shape index (κ3) is 5.97. The standard InChI is InChI=1S/C16H33NS/c1-5-11-17-16(12-18-14(4)6-2)15-9-7-13(3)8-10-15/h13-17H,5-12H2,1-4H3. The Hall–Kier alpha value is 0.310. The molecule has 2 heteroatoms. The molecule has 108 valence electrons. The maximum absolute atomic E-state index is 3.81. The molecule has 1 aliphatic rings. The van der Waals surface area contributed by atoms with Crippen molar-refractivity contribution in [1.82, 2.24) is 5.32 Å². The van der Waals surface area contributed by atoms with Crippen molar-refractivity contribution in [3.8, 4) is 0 Å². The van der Waals surface area contributed by atoms with E-state index in [-0.39, 0.29) is 0 Å². The van der Waals surface area contributed by atoms with Crippen molar-refractivity contribution in [3.05, 3.63) is 0 Å². The molecule has 2 unspecified atom stereocenters. The molecule has 0 bridgehead atoms. The van der Waals surface area contributed by atoms with E-state index in [2.05, 4.69) is 44.8 Å². The van der Waals surface area contributed by atoms with Gasteiger partial charge in [-0.2, -0.15) is 11.8 Å². The molecule has 0 aromatic rings. The third-order valence-corrected chi connectivity index (χ3v) is 5.88. The molecule has 1 saturated carbocycles. The Morgan fingerprint density at radius 1 is 1.17 bits per heavy atom. The van der Waals surface area contributed by atoms with Gasteiger partial charge in [-0.3, -0.25) is 0 Å². The summed E-state index contributed by atoms with van der Waals surface area (Å²) in [6, 6.07) is 0.761.